The van der Waals surface area contributed by atoms with E-state index in [1.165, 1.54) is 0 Å². The number of imidazole rings is 1. The van der Waals surface area contributed by atoms with E-state index in [0.717, 1.165) is 44.7 Å². The molecule has 0 fully saturated rings. The maximum absolute atomic E-state index is 9.53. The van der Waals surface area contributed by atoms with Gasteiger partial charge in [0, 0.05) is 22.3 Å². The van der Waals surface area contributed by atoms with Gasteiger partial charge in [-0.1, -0.05) is 47.6 Å². The van der Waals surface area contributed by atoms with Crippen molar-refractivity contribution in [3.63, 3.8) is 0 Å². The molecule has 1 aromatic heterocycles. The standard InChI is InChI=1S/C21H12N4O/c22-11-12-8-9-17-18(10-12)24-21(23-17)16-7-3-6-15-19(16)13-4-1-2-5-14(13)20(15)25-26/h1-10,26H,(H,23,24)/b25-20-. The Morgan fingerprint density at radius 2 is 1.69 bits per heavy atom. The van der Waals surface area contributed by atoms with Crippen LogP contribution in [0.5, 0.6) is 0 Å². The molecule has 0 bridgehead atoms. The molecular formula is C21H12N4O. The fourth-order valence-corrected chi connectivity index (χ4v) is 3.60. The van der Waals surface area contributed by atoms with Gasteiger partial charge in [0.15, 0.2) is 0 Å². The first kappa shape index (κ1) is 14.4. The topological polar surface area (TPSA) is 85.1 Å². The number of fused-ring (bicyclic) bond motifs is 4. The summed E-state index contributed by atoms with van der Waals surface area (Å²) in [5.74, 6) is 0.723. The Kier molecular flexibility index (Phi) is 2.94. The molecule has 1 aliphatic rings. The Bertz CT molecular complexity index is 1260. The molecule has 0 saturated heterocycles. The van der Waals surface area contributed by atoms with Crippen molar-refractivity contribution >= 4 is 16.7 Å². The van der Waals surface area contributed by atoms with Crippen LogP contribution in [0.4, 0.5) is 0 Å². The van der Waals surface area contributed by atoms with Crippen LogP contribution in [0.1, 0.15) is 16.7 Å². The largest absolute Gasteiger partial charge is 0.410 e. The molecule has 5 nitrogen and oxygen atoms in total. The van der Waals surface area contributed by atoms with Crippen molar-refractivity contribution in [3.8, 4) is 28.6 Å². The van der Waals surface area contributed by atoms with Crippen LogP contribution in [0.15, 0.2) is 65.8 Å². The van der Waals surface area contributed by atoms with E-state index in [1.54, 1.807) is 12.1 Å². The number of nitriles is 1. The smallest absolute Gasteiger partial charge is 0.139 e. The molecule has 3 aromatic carbocycles. The molecule has 0 amide bonds. The summed E-state index contributed by atoms with van der Waals surface area (Å²) in [6.45, 7) is 0. The summed E-state index contributed by atoms with van der Waals surface area (Å²) in [6.07, 6.45) is 0. The molecule has 0 spiro atoms. The molecule has 5 heteroatoms. The second kappa shape index (κ2) is 5.30. The van der Waals surface area contributed by atoms with E-state index < -0.39 is 0 Å². The van der Waals surface area contributed by atoms with E-state index in [4.69, 9.17) is 10.2 Å². The SMILES string of the molecule is N#Cc1ccc2nc(-c3cccc4c3-c3ccccc3/C4=N/O)[nH]c2c1. The first-order chi connectivity index (χ1) is 12.8. The predicted octanol–water partition coefficient (Wildman–Crippen LogP) is 4.31. The van der Waals surface area contributed by atoms with Gasteiger partial charge in [-0.3, -0.25) is 0 Å². The molecule has 0 atom stereocenters. The Hall–Kier alpha value is -3.91. The van der Waals surface area contributed by atoms with Crippen LogP contribution in [0.25, 0.3) is 33.5 Å². The van der Waals surface area contributed by atoms with Gasteiger partial charge in [0.05, 0.1) is 22.7 Å². The third-order valence-electron chi connectivity index (χ3n) is 4.74. The Labute approximate surface area is 148 Å². The summed E-state index contributed by atoms with van der Waals surface area (Å²) in [6, 6.07) is 21.3. The van der Waals surface area contributed by atoms with Gasteiger partial charge < -0.3 is 10.2 Å². The lowest BCUT2D eigenvalue weighted by Crippen LogP contribution is -1.97. The molecule has 1 aliphatic carbocycles. The van der Waals surface area contributed by atoms with E-state index in [9.17, 15) is 5.21 Å². The summed E-state index contributed by atoms with van der Waals surface area (Å²) in [4.78, 5) is 8.01. The summed E-state index contributed by atoms with van der Waals surface area (Å²) >= 11 is 0. The Morgan fingerprint density at radius 3 is 2.50 bits per heavy atom. The molecule has 0 unspecified atom stereocenters. The minimum atomic E-state index is 0.570. The molecule has 2 N–H and O–H groups in total. The third kappa shape index (κ3) is 1.90. The average molecular weight is 336 g/mol. The van der Waals surface area contributed by atoms with Crippen LogP contribution in [0.2, 0.25) is 0 Å². The maximum Gasteiger partial charge on any atom is 0.139 e. The van der Waals surface area contributed by atoms with E-state index in [1.807, 2.05) is 48.5 Å². The van der Waals surface area contributed by atoms with Crippen molar-refractivity contribution < 1.29 is 5.21 Å². The average Bonchev–Trinajstić information content (AvgIpc) is 3.25. The fourth-order valence-electron chi connectivity index (χ4n) is 3.60. The molecule has 1 heterocycles. The van der Waals surface area contributed by atoms with Crippen LogP contribution >= 0.6 is 0 Å². The molecule has 26 heavy (non-hydrogen) atoms. The van der Waals surface area contributed by atoms with Crippen LogP contribution in [0, 0.1) is 11.3 Å². The second-order valence-electron chi connectivity index (χ2n) is 6.15. The van der Waals surface area contributed by atoms with Gasteiger partial charge >= 0.3 is 0 Å². The fraction of sp³-hybridized carbons (Fsp3) is 0. The van der Waals surface area contributed by atoms with Crippen molar-refractivity contribution in [1.29, 1.82) is 5.26 Å². The van der Waals surface area contributed by atoms with E-state index >= 15 is 0 Å². The van der Waals surface area contributed by atoms with Crippen molar-refractivity contribution in [1.82, 2.24) is 9.97 Å². The van der Waals surface area contributed by atoms with Gasteiger partial charge in [0.2, 0.25) is 0 Å². The zero-order valence-corrected chi connectivity index (χ0v) is 13.6. The maximum atomic E-state index is 9.53. The summed E-state index contributed by atoms with van der Waals surface area (Å²) in [7, 11) is 0. The predicted molar refractivity (Wildman–Crippen MR) is 99.1 cm³/mol. The lowest BCUT2D eigenvalue weighted by atomic mass is 9.99. The number of H-pyrrole nitrogens is 1. The van der Waals surface area contributed by atoms with Gasteiger partial charge in [-0.2, -0.15) is 5.26 Å². The Balaban J connectivity index is 1.79. The number of aromatic amines is 1. The molecular weight excluding hydrogens is 324 g/mol. The molecule has 0 saturated carbocycles. The van der Waals surface area contributed by atoms with Gasteiger partial charge in [-0.25, -0.2) is 4.98 Å². The highest BCUT2D eigenvalue weighted by molar-refractivity contribution is 6.26. The van der Waals surface area contributed by atoms with Gasteiger partial charge in [-0.15, -0.1) is 0 Å². The van der Waals surface area contributed by atoms with Gasteiger partial charge in [-0.05, 0) is 23.8 Å². The molecule has 4 aromatic rings. The monoisotopic (exact) mass is 336 g/mol. The van der Waals surface area contributed by atoms with Crippen LogP contribution in [-0.2, 0) is 0 Å². The first-order valence-electron chi connectivity index (χ1n) is 8.15. The van der Waals surface area contributed by atoms with Crippen LogP contribution < -0.4 is 0 Å². The van der Waals surface area contributed by atoms with Crippen molar-refractivity contribution in [2.75, 3.05) is 0 Å². The number of nitrogens with one attached hydrogen (secondary N) is 1. The summed E-state index contributed by atoms with van der Waals surface area (Å²) in [5, 5.41) is 22.1. The zero-order chi connectivity index (χ0) is 17.7. The lowest BCUT2D eigenvalue weighted by molar-refractivity contribution is 0.320. The molecule has 122 valence electrons. The van der Waals surface area contributed by atoms with Crippen LogP contribution in [0.3, 0.4) is 0 Å². The summed E-state index contributed by atoms with van der Waals surface area (Å²) < 4.78 is 0. The number of oxime groups is 1. The van der Waals surface area contributed by atoms with Crippen molar-refractivity contribution in [2.24, 2.45) is 5.16 Å². The number of benzene rings is 3. The van der Waals surface area contributed by atoms with E-state index in [-0.39, 0.29) is 0 Å². The first-order valence-corrected chi connectivity index (χ1v) is 8.15. The normalized spacial score (nSPS) is 13.6. The zero-order valence-electron chi connectivity index (χ0n) is 13.6. The van der Waals surface area contributed by atoms with E-state index in [2.05, 4.69) is 16.2 Å². The minimum Gasteiger partial charge on any atom is -0.410 e. The quantitative estimate of drug-likeness (QED) is 0.353. The van der Waals surface area contributed by atoms with Gasteiger partial charge in [0.25, 0.3) is 0 Å². The number of aromatic nitrogens is 2. The highest BCUT2D eigenvalue weighted by Gasteiger charge is 2.28. The highest BCUT2D eigenvalue weighted by atomic mass is 16.4. The molecule has 0 aliphatic heterocycles. The minimum absolute atomic E-state index is 0.570. The second-order valence-corrected chi connectivity index (χ2v) is 6.15. The molecule has 0 radical (unpaired) electrons. The third-order valence-corrected chi connectivity index (χ3v) is 4.74. The molecule has 5 rings (SSSR count). The Morgan fingerprint density at radius 1 is 0.923 bits per heavy atom. The van der Waals surface area contributed by atoms with Gasteiger partial charge in [0.1, 0.15) is 11.5 Å². The lowest BCUT2D eigenvalue weighted by Gasteiger charge is -2.06. The van der Waals surface area contributed by atoms with Crippen molar-refractivity contribution in [3.05, 3.63) is 77.4 Å². The number of hydrogen-bond acceptors (Lipinski definition) is 4. The number of rotatable bonds is 1. The number of hydrogen-bond donors (Lipinski definition) is 2. The highest BCUT2D eigenvalue weighted by Crippen LogP contribution is 2.42. The van der Waals surface area contributed by atoms with E-state index in [0.29, 0.717) is 11.3 Å². The van der Waals surface area contributed by atoms with Crippen LogP contribution in [-0.4, -0.2) is 20.9 Å². The summed E-state index contributed by atoms with van der Waals surface area (Å²) in [5.41, 5.74) is 7.51. The number of nitrogens with zero attached hydrogens (tertiary/aromatic N) is 3. The van der Waals surface area contributed by atoms with Crippen molar-refractivity contribution in [2.45, 2.75) is 0 Å².